The van der Waals surface area contributed by atoms with Crippen molar-refractivity contribution >= 4 is 37.2 Å². The van der Waals surface area contributed by atoms with Crippen LogP contribution in [0.2, 0.25) is 0 Å². The highest BCUT2D eigenvalue weighted by molar-refractivity contribution is 8.00. The van der Waals surface area contributed by atoms with Crippen LogP contribution < -0.4 is 5.32 Å². The number of carboxylic acids is 2. The first-order chi connectivity index (χ1) is 9.77. The Kier molecular flexibility index (Phi) is 7.53. The molecule has 0 aliphatic carbocycles. The fourth-order valence-electron chi connectivity index (χ4n) is 1.79. The van der Waals surface area contributed by atoms with Gasteiger partial charge in [-0.25, -0.2) is 4.79 Å². The standard InChI is InChI=1S/C9H14N2O2S2.C2HF3O2/c1-9(14,15)3-7-5(4-10)2-6(11-7)8(12)13;3-2(4,5)1(6)7/h5-7,11,14-15H,2-3H2,1H3,(H,12,13);(H,6,7). The summed E-state index contributed by atoms with van der Waals surface area (Å²) in [6, 6.07) is 1.36. The number of carboxylic acid groups (broad SMARTS) is 2. The first kappa shape index (κ1) is 20.9. The lowest BCUT2D eigenvalue weighted by Gasteiger charge is -2.23. The Morgan fingerprint density at radius 1 is 1.36 bits per heavy atom. The van der Waals surface area contributed by atoms with E-state index in [1.807, 2.05) is 6.92 Å². The van der Waals surface area contributed by atoms with Crippen molar-refractivity contribution in [2.24, 2.45) is 5.92 Å². The van der Waals surface area contributed by atoms with E-state index in [1.165, 1.54) is 0 Å². The Morgan fingerprint density at radius 3 is 2.09 bits per heavy atom. The number of nitrogens with one attached hydrogen (secondary N) is 1. The maximum atomic E-state index is 10.8. The minimum atomic E-state index is -5.08. The van der Waals surface area contributed by atoms with Gasteiger partial charge < -0.3 is 15.5 Å². The Balaban J connectivity index is 0.000000534. The molecule has 1 aliphatic heterocycles. The zero-order valence-electron chi connectivity index (χ0n) is 11.3. The summed E-state index contributed by atoms with van der Waals surface area (Å²) in [7, 11) is 0. The number of nitriles is 1. The second-order valence-corrected chi connectivity index (χ2v) is 7.19. The van der Waals surface area contributed by atoms with Gasteiger partial charge in [-0.2, -0.15) is 43.7 Å². The SMILES string of the molecule is CC(S)(S)CC1NC(C(=O)O)CC1C#N.O=C(O)C(F)(F)F. The summed E-state index contributed by atoms with van der Waals surface area (Å²) in [5.41, 5.74) is 0. The van der Waals surface area contributed by atoms with Gasteiger partial charge in [-0.3, -0.25) is 4.79 Å². The van der Waals surface area contributed by atoms with Gasteiger partial charge >= 0.3 is 18.1 Å². The van der Waals surface area contributed by atoms with Crippen molar-refractivity contribution in [3.8, 4) is 6.07 Å². The van der Waals surface area contributed by atoms with Gasteiger partial charge in [0.25, 0.3) is 0 Å². The van der Waals surface area contributed by atoms with Crippen molar-refractivity contribution in [3.05, 3.63) is 0 Å². The Morgan fingerprint density at radius 2 is 1.82 bits per heavy atom. The predicted molar refractivity (Wildman–Crippen MR) is 76.8 cm³/mol. The third-order valence-electron chi connectivity index (χ3n) is 2.70. The fraction of sp³-hybridized carbons (Fsp3) is 0.727. The number of hydrogen-bond acceptors (Lipinski definition) is 6. The average molecular weight is 360 g/mol. The van der Waals surface area contributed by atoms with E-state index in [4.69, 9.17) is 20.3 Å². The van der Waals surface area contributed by atoms with Gasteiger partial charge in [0.05, 0.1) is 16.1 Å². The summed E-state index contributed by atoms with van der Waals surface area (Å²) in [5.74, 6) is -3.94. The van der Waals surface area contributed by atoms with Gasteiger partial charge in [0.2, 0.25) is 0 Å². The van der Waals surface area contributed by atoms with Crippen LogP contribution in [0.4, 0.5) is 13.2 Å². The first-order valence-electron chi connectivity index (χ1n) is 5.91. The van der Waals surface area contributed by atoms with Crippen molar-refractivity contribution in [2.75, 3.05) is 0 Å². The van der Waals surface area contributed by atoms with E-state index in [9.17, 15) is 18.0 Å². The van der Waals surface area contributed by atoms with Gasteiger partial charge in [0.1, 0.15) is 6.04 Å². The third-order valence-corrected chi connectivity index (χ3v) is 3.07. The van der Waals surface area contributed by atoms with Crippen LogP contribution in [0.5, 0.6) is 0 Å². The van der Waals surface area contributed by atoms with E-state index >= 15 is 0 Å². The second-order valence-electron chi connectivity index (χ2n) is 4.86. The molecule has 0 aromatic rings. The molecule has 0 aromatic carbocycles. The Bertz CT molecular complexity index is 460. The minimum absolute atomic E-state index is 0.143. The molecule has 3 atom stereocenters. The highest BCUT2D eigenvalue weighted by Gasteiger charge is 2.39. The largest absolute Gasteiger partial charge is 0.490 e. The number of halogens is 3. The smallest absolute Gasteiger partial charge is 0.480 e. The topological polar surface area (TPSA) is 110 Å². The fourth-order valence-corrected chi connectivity index (χ4v) is 2.19. The summed E-state index contributed by atoms with van der Waals surface area (Å²) in [6.07, 6.45) is -4.17. The molecule has 1 aliphatic rings. The molecule has 0 amide bonds. The van der Waals surface area contributed by atoms with Crippen LogP contribution in [0, 0.1) is 17.2 Å². The summed E-state index contributed by atoms with van der Waals surface area (Å²) < 4.78 is 31.2. The number of rotatable bonds is 3. The molecule has 6 nitrogen and oxygen atoms in total. The number of aliphatic carboxylic acids is 2. The zero-order valence-corrected chi connectivity index (χ0v) is 13.1. The van der Waals surface area contributed by atoms with E-state index < -0.39 is 28.2 Å². The summed E-state index contributed by atoms with van der Waals surface area (Å²) in [4.78, 5) is 19.7. The lowest BCUT2D eigenvalue weighted by atomic mass is 9.97. The van der Waals surface area contributed by atoms with Gasteiger partial charge in [0.15, 0.2) is 0 Å². The Hall–Kier alpha value is -1.12. The molecular weight excluding hydrogens is 345 g/mol. The molecule has 3 unspecified atom stereocenters. The molecule has 22 heavy (non-hydrogen) atoms. The summed E-state index contributed by atoms with van der Waals surface area (Å²) in [6.45, 7) is 1.82. The molecule has 1 fully saturated rings. The highest BCUT2D eigenvalue weighted by atomic mass is 32.2. The average Bonchev–Trinajstić information content (AvgIpc) is 2.69. The van der Waals surface area contributed by atoms with Crippen LogP contribution in [-0.4, -0.2) is 44.5 Å². The van der Waals surface area contributed by atoms with Crippen LogP contribution in [-0.2, 0) is 9.59 Å². The summed E-state index contributed by atoms with van der Waals surface area (Å²) >= 11 is 8.52. The van der Waals surface area contributed by atoms with Crippen LogP contribution >= 0.6 is 25.3 Å². The predicted octanol–water partition coefficient (Wildman–Crippen LogP) is 1.54. The summed E-state index contributed by atoms with van der Waals surface area (Å²) in [5, 5.41) is 27.8. The van der Waals surface area contributed by atoms with Crippen LogP contribution in [0.1, 0.15) is 19.8 Å². The van der Waals surface area contributed by atoms with Gasteiger partial charge in [-0.1, -0.05) is 0 Å². The molecule has 3 N–H and O–H groups in total. The molecule has 0 radical (unpaired) electrons. The molecule has 1 rings (SSSR count). The molecule has 0 aromatic heterocycles. The van der Waals surface area contributed by atoms with Gasteiger partial charge in [-0.05, 0) is 19.8 Å². The van der Waals surface area contributed by atoms with E-state index in [-0.39, 0.29) is 12.0 Å². The van der Waals surface area contributed by atoms with E-state index in [2.05, 4.69) is 36.6 Å². The molecule has 1 heterocycles. The zero-order chi connectivity index (χ0) is 17.7. The van der Waals surface area contributed by atoms with Crippen molar-refractivity contribution in [1.29, 1.82) is 5.26 Å². The van der Waals surface area contributed by atoms with Crippen molar-refractivity contribution < 1.29 is 33.0 Å². The number of alkyl halides is 3. The van der Waals surface area contributed by atoms with E-state index in [0.29, 0.717) is 12.8 Å². The molecule has 0 bridgehead atoms. The van der Waals surface area contributed by atoms with Crippen LogP contribution in [0.25, 0.3) is 0 Å². The maximum Gasteiger partial charge on any atom is 0.490 e. The molecule has 126 valence electrons. The molecule has 11 heteroatoms. The molecule has 1 saturated heterocycles. The van der Waals surface area contributed by atoms with E-state index in [1.54, 1.807) is 0 Å². The van der Waals surface area contributed by atoms with Crippen molar-refractivity contribution in [2.45, 2.75) is 42.1 Å². The highest BCUT2D eigenvalue weighted by Crippen LogP contribution is 2.31. The normalized spacial score (nSPS) is 24.9. The maximum absolute atomic E-state index is 10.8. The van der Waals surface area contributed by atoms with E-state index in [0.717, 1.165) is 0 Å². The van der Waals surface area contributed by atoms with Gasteiger partial charge in [0, 0.05) is 6.04 Å². The second kappa shape index (κ2) is 7.94. The molecular formula is C11H15F3N2O4S2. The minimum Gasteiger partial charge on any atom is -0.480 e. The lowest BCUT2D eigenvalue weighted by Crippen LogP contribution is -2.38. The van der Waals surface area contributed by atoms with Crippen LogP contribution in [0.15, 0.2) is 0 Å². The van der Waals surface area contributed by atoms with Crippen molar-refractivity contribution in [1.82, 2.24) is 5.32 Å². The monoisotopic (exact) mass is 360 g/mol. The number of nitrogens with zero attached hydrogens (tertiary/aromatic N) is 1. The lowest BCUT2D eigenvalue weighted by molar-refractivity contribution is -0.192. The number of carbonyl (C=O) groups is 2. The van der Waals surface area contributed by atoms with Gasteiger partial charge in [-0.15, -0.1) is 0 Å². The van der Waals surface area contributed by atoms with Crippen molar-refractivity contribution in [3.63, 3.8) is 0 Å². The number of hydrogen-bond donors (Lipinski definition) is 5. The number of thiol groups is 2. The first-order valence-corrected chi connectivity index (χ1v) is 6.80. The Labute approximate surface area is 135 Å². The molecule has 0 spiro atoms. The molecule has 0 saturated carbocycles. The van der Waals surface area contributed by atoms with Crippen LogP contribution in [0.3, 0.4) is 0 Å². The quantitative estimate of drug-likeness (QED) is 0.386. The third kappa shape index (κ3) is 7.77.